The van der Waals surface area contributed by atoms with Gasteiger partial charge < -0.3 is 10.4 Å². The van der Waals surface area contributed by atoms with E-state index in [1.165, 1.54) is 11.3 Å². The molecule has 2 N–H and O–H groups in total. The van der Waals surface area contributed by atoms with E-state index in [4.69, 9.17) is 0 Å². The summed E-state index contributed by atoms with van der Waals surface area (Å²) in [4.78, 5) is 12.6. The van der Waals surface area contributed by atoms with Crippen LogP contribution in [0.25, 0.3) is 10.8 Å². The highest BCUT2D eigenvalue weighted by atomic mass is 79.9. The van der Waals surface area contributed by atoms with Gasteiger partial charge >= 0.3 is 0 Å². The van der Waals surface area contributed by atoms with E-state index in [0.29, 0.717) is 4.88 Å². The molecule has 1 atom stereocenters. The molecule has 0 bridgehead atoms. The smallest absolute Gasteiger partial charge is 0.261 e. The molecular formula is C17H14BrNO2S. The van der Waals surface area contributed by atoms with Gasteiger partial charge in [0.1, 0.15) is 0 Å². The molecule has 112 valence electrons. The zero-order valence-corrected chi connectivity index (χ0v) is 14.0. The fourth-order valence-corrected chi connectivity index (χ4v) is 3.70. The van der Waals surface area contributed by atoms with Crippen molar-refractivity contribution in [3.63, 3.8) is 0 Å². The van der Waals surface area contributed by atoms with Gasteiger partial charge in [-0.05, 0) is 38.3 Å². The summed E-state index contributed by atoms with van der Waals surface area (Å²) in [6.07, 6.45) is -0.738. The van der Waals surface area contributed by atoms with Crippen molar-refractivity contribution in [3.05, 3.63) is 68.8 Å². The molecule has 3 aromatic rings. The molecule has 0 aliphatic heterocycles. The topological polar surface area (TPSA) is 49.3 Å². The third-order valence-electron chi connectivity index (χ3n) is 3.43. The van der Waals surface area contributed by atoms with Crippen LogP contribution in [0.4, 0.5) is 0 Å². The Morgan fingerprint density at radius 1 is 1.23 bits per heavy atom. The predicted molar refractivity (Wildman–Crippen MR) is 93.3 cm³/mol. The van der Waals surface area contributed by atoms with Crippen molar-refractivity contribution in [2.24, 2.45) is 0 Å². The number of carbonyl (C=O) groups is 1. The molecule has 0 fully saturated rings. The lowest BCUT2D eigenvalue weighted by Crippen LogP contribution is -2.27. The van der Waals surface area contributed by atoms with Gasteiger partial charge in [-0.2, -0.15) is 0 Å². The van der Waals surface area contributed by atoms with Crippen LogP contribution < -0.4 is 5.32 Å². The number of carbonyl (C=O) groups excluding carboxylic acids is 1. The third-order valence-corrected chi connectivity index (χ3v) is 5.12. The van der Waals surface area contributed by atoms with Gasteiger partial charge in [-0.3, -0.25) is 4.79 Å². The normalized spacial score (nSPS) is 12.3. The Bertz CT molecular complexity index is 810. The van der Waals surface area contributed by atoms with E-state index in [-0.39, 0.29) is 12.5 Å². The van der Waals surface area contributed by atoms with Crippen LogP contribution >= 0.6 is 27.3 Å². The number of rotatable bonds is 4. The number of fused-ring (bicyclic) bond motifs is 1. The summed E-state index contributed by atoms with van der Waals surface area (Å²) in [5.74, 6) is -0.171. The number of amides is 1. The van der Waals surface area contributed by atoms with Gasteiger partial charge in [0.2, 0.25) is 0 Å². The fourth-order valence-electron chi connectivity index (χ4n) is 2.36. The quantitative estimate of drug-likeness (QED) is 0.720. The van der Waals surface area contributed by atoms with Gasteiger partial charge in [-0.15, -0.1) is 11.3 Å². The lowest BCUT2D eigenvalue weighted by molar-refractivity contribution is 0.0921. The number of hydrogen-bond donors (Lipinski definition) is 2. The first-order chi connectivity index (χ1) is 10.6. The Morgan fingerprint density at radius 2 is 2.00 bits per heavy atom. The summed E-state index contributed by atoms with van der Waals surface area (Å²) < 4.78 is 0.886. The molecule has 1 heterocycles. The summed E-state index contributed by atoms with van der Waals surface area (Å²) in [5.41, 5.74) is 0.825. The maximum atomic E-state index is 12.0. The van der Waals surface area contributed by atoms with E-state index in [9.17, 15) is 9.90 Å². The van der Waals surface area contributed by atoms with Crippen LogP contribution in [-0.4, -0.2) is 17.6 Å². The molecule has 0 saturated heterocycles. The van der Waals surface area contributed by atoms with Crippen molar-refractivity contribution < 1.29 is 9.90 Å². The van der Waals surface area contributed by atoms with E-state index < -0.39 is 6.10 Å². The second-order valence-electron chi connectivity index (χ2n) is 4.92. The molecule has 1 unspecified atom stereocenters. The van der Waals surface area contributed by atoms with E-state index in [0.717, 1.165) is 20.8 Å². The summed E-state index contributed by atoms with van der Waals surface area (Å²) in [5, 5.41) is 17.1. The minimum absolute atomic E-state index is 0.171. The molecule has 0 spiro atoms. The van der Waals surface area contributed by atoms with Crippen LogP contribution in [0.1, 0.15) is 21.3 Å². The number of hydrogen-bond acceptors (Lipinski definition) is 3. The first kappa shape index (κ1) is 15.2. The van der Waals surface area contributed by atoms with Crippen LogP contribution in [0.2, 0.25) is 0 Å². The summed E-state index contributed by atoms with van der Waals surface area (Å²) >= 11 is 4.69. The second kappa shape index (κ2) is 6.60. The monoisotopic (exact) mass is 375 g/mol. The van der Waals surface area contributed by atoms with Crippen LogP contribution in [0, 0.1) is 0 Å². The van der Waals surface area contributed by atoms with Crippen molar-refractivity contribution in [3.8, 4) is 0 Å². The largest absolute Gasteiger partial charge is 0.387 e. The number of benzene rings is 2. The molecule has 1 amide bonds. The van der Waals surface area contributed by atoms with E-state index in [1.807, 2.05) is 47.8 Å². The summed E-state index contributed by atoms with van der Waals surface area (Å²) in [6, 6.07) is 15.5. The Morgan fingerprint density at radius 3 is 2.77 bits per heavy atom. The highest BCUT2D eigenvalue weighted by molar-refractivity contribution is 9.10. The first-order valence-electron chi connectivity index (χ1n) is 6.83. The number of nitrogens with one attached hydrogen (secondary N) is 1. The van der Waals surface area contributed by atoms with E-state index >= 15 is 0 Å². The third kappa shape index (κ3) is 3.21. The summed E-state index contributed by atoms with van der Waals surface area (Å²) in [6.45, 7) is 0.183. The SMILES string of the molecule is O=C(NCC(O)c1cccc2ccccc12)c1cc(Br)cs1. The Hall–Kier alpha value is -1.69. The average Bonchev–Trinajstić information content (AvgIpc) is 2.98. The molecule has 0 aliphatic rings. The molecule has 0 radical (unpaired) electrons. The molecular weight excluding hydrogens is 362 g/mol. The van der Waals surface area contributed by atoms with Crippen molar-refractivity contribution >= 4 is 43.9 Å². The number of aliphatic hydroxyl groups is 1. The lowest BCUT2D eigenvalue weighted by atomic mass is 10.0. The fraction of sp³-hybridized carbons (Fsp3) is 0.118. The standard InChI is InChI=1S/C17H14BrNO2S/c18-12-8-16(22-10-12)17(21)19-9-15(20)14-7-3-5-11-4-1-2-6-13(11)14/h1-8,10,15,20H,9H2,(H,19,21). The minimum atomic E-state index is -0.738. The van der Waals surface area contributed by atoms with Crippen molar-refractivity contribution in [1.29, 1.82) is 0 Å². The average molecular weight is 376 g/mol. The van der Waals surface area contributed by atoms with Crippen LogP contribution in [0.5, 0.6) is 0 Å². The van der Waals surface area contributed by atoms with Gasteiger partial charge in [0.25, 0.3) is 5.91 Å². The van der Waals surface area contributed by atoms with Gasteiger partial charge in [0.05, 0.1) is 11.0 Å². The number of halogens is 1. The highest BCUT2D eigenvalue weighted by Crippen LogP contribution is 2.24. The number of thiophene rings is 1. The van der Waals surface area contributed by atoms with Gasteiger partial charge in [0.15, 0.2) is 0 Å². The minimum Gasteiger partial charge on any atom is -0.387 e. The van der Waals surface area contributed by atoms with Gasteiger partial charge in [-0.25, -0.2) is 0 Å². The molecule has 2 aromatic carbocycles. The second-order valence-corrected chi connectivity index (χ2v) is 6.75. The van der Waals surface area contributed by atoms with Gasteiger partial charge in [-0.1, -0.05) is 42.5 Å². The molecule has 3 rings (SSSR count). The Balaban J connectivity index is 1.74. The first-order valence-corrected chi connectivity index (χ1v) is 8.50. The molecule has 3 nitrogen and oxygen atoms in total. The molecule has 5 heteroatoms. The highest BCUT2D eigenvalue weighted by Gasteiger charge is 2.14. The molecule has 0 aliphatic carbocycles. The maximum Gasteiger partial charge on any atom is 0.261 e. The molecule has 22 heavy (non-hydrogen) atoms. The van der Waals surface area contributed by atoms with Gasteiger partial charge in [0, 0.05) is 16.4 Å². The zero-order chi connectivity index (χ0) is 15.5. The lowest BCUT2D eigenvalue weighted by Gasteiger charge is -2.14. The van der Waals surface area contributed by atoms with Crippen LogP contribution in [0.15, 0.2) is 58.4 Å². The van der Waals surface area contributed by atoms with Crippen molar-refractivity contribution in [2.45, 2.75) is 6.10 Å². The van der Waals surface area contributed by atoms with Crippen LogP contribution in [-0.2, 0) is 0 Å². The predicted octanol–water partition coefficient (Wildman–Crippen LogP) is 4.13. The van der Waals surface area contributed by atoms with Crippen molar-refractivity contribution in [1.82, 2.24) is 5.32 Å². The Kier molecular flexibility index (Phi) is 4.57. The van der Waals surface area contributed by atoms with E-state index in [2.05, 4.69) is 21.2 Å². The van der Waals surface area contributed by atoms with Crippen LogP contribution in [0.3, 0.4) is 0 Å². The molecule has 0 saturated carbocycles. The molecule has 1 aromatic heterocycles. The van der Waals surface area contributed by atoms with Crippen molar-refractivity contribution in [2.75, 3.05) is 6.54 Å². The maximum absolute atomic E-state index is 12.0. The zero-order valence-electron chi connectivity index (χ0n) is 11.6. The summed E-state index contributed by atoms with van der Waals surface area (Å²) in [7, 11) is 0. The number of aliphatic hydroxyl groups excluding tert-OH is 1. The Labute approximate surface area is 140 Å². The van der Waals surface area contributed by atoms with E-state index in [1.54, 1.807) is 6.07 Å².